The number of benzene rings is 1. The van der Waals surface area contributed by atoms with Crippen LogP contribution in [0.1, 0.15) is 28.2 Å². The standard InChI is InChI=1S/C9H8BrClO/c1-6(11)7-3-2-4-8(5-7)9(10)12/h2-6H,1H3. The summed E-state index contributed by atoms with van der Waals surface area (Å²) in [5, 5.41) is -0.0585. The number of halogens is 2. The van der Waals surface area contributed by atoms with Crippen molar-refractivity contribution >= 4 is 32.2 Å². The summed E-state index contributed by atoms with van der Waals surface area (Å²) in [4.78, 5) is 10.9. The van der Waals surface area contributed by atoms with E-state index < -0.39 is 0 Å². The Morgan fingerprint density at radius 3 is 2.75 bits per heavy atom. The van der Waals surface area contributed by atoms with Crippen LogP contribution in [0.2, 0.25) is 0 Å². The Balaban J connectivity index is 3.04. The van der Waals surface area contributed by atoms with Gasteiger partial charge < -0.3 is 0 Å². The van der Waals surface area contributed by atoms with Gasteiger partial charge in [-0.15, -0.1) is 11.6 Å². The van der Waals surface area contributed by atoms with Crippen molar-refractivity contribution in [2.75, 3.05) is 0 Å². The van der Waals surface area contributed by atoms with Crippen molar-refractivity contribution in [3.05, 3.63) is 35.4 Å². The summed E-state index contributed by atoms with van der Waals surface area (Å²) >= 11 is 8.74. The summed E-state index contributed by atoms with van der Waals surface area (Å²) < 4.78 is -0.110. The second kappa shape index (κ2) is 4.06. The summed E-state index contributed by atoms with van der Waals surface area (Å²) in [5.41, 5.74) is 1.60. The van der Waals surface area contributed by atoms with Crippen LogP contribution in [-0.4, -0.2) is 4.69 Å². The predicted molar refractivity (Wildman–Crippen MR) is 54.0 cm³/mol. The van der Waals surface area contributed by atoms with Crippen LogP contribution >= 0.6 is 27.5 Å². The van der Waals surface area contributed by atoms with Gasteiger partial charge in [-0.2, -0.15) is 0 Å². The number of carbonyl (C=O) groups excluding carboxylic acids is 1. The quantitative estimate of drug-likeness (QED) is 0.577. The first kappa shape index (κ1) is 9.75. The van der Waals surface area contributed by atoms with Crippen molar-refractivity contribution in [3.8, 4) is 0 Å². The Kier molecular flexibility index (Phi) is 3.29. The van der Waals surface area contributed by atoms with Crippen LogP contribution in [-0.2, 0) is 0 Å². The summed E-state index contributed by atoms with van der Waals surface area (Å²) in [7, 11) is 0. The maximum absolute atomic E-state index is 10.9. The van der Waals surface area contributed by atoms with Crippen LogP contribution in [0, 0.1) is 0 Å². The molecule has 64 valence electrons. The smallest absolute Gasteiger partial charge is 0.228 e. The van der Waals surface area contributed by atoms with Crippen molar-refractivity contribution in [2.24, 2.45) is 0 Å². The molecule has 0 amide bonds. The molecule has 1 atom stereocenters. The van der Waals surface area contributed by atoms with Crippen LogP contribution in [0.25, 0.3) is 0 Å². The zero-order chi connectivity index (χ0) is 9.14. The van der Waals surface area contributed by atoms with Gasteiger partial charge in [-0.05, 0) is 34.5 Å². The van der Waals surface area contributed by atoms with Gasteiger partial charge >= 0.3 is 0 Å². The van der Waals surface area contributed by atoms with Crippen molar-refractivity contribution in [1.82, 2.24) is 0 Å². The van der Waals surface area contributed by atoms with Gasteiger partial charge in [-0.1, -0.05) is 18.2 Å². The molecule has 0 aliphatic rings. The predicted octanol–water partition coefficient (Wildman–Crippen LogP) is 3.52. The van der Waals surface area contributed by atoms with Crippen LogP contribution in [0.15, 0.2) is 24.3 Å². The Morgan fingerprint density at radius 1 is 1.58 bits per heavy atom. The van der Waals surface area contributed by atoms with E-state index in [1.165, 1.54) is 0 Å². The molecular weight excluding hydrogens is 239 g/mol. The van der Waals surface area contributed by atoms with Gasteiger partial charge in [0.1, 0.15) is 0 Å². The number of rotatable bonds is 2. The molecule has 0 aromatic heterocycles. The van der Waals surface area contributed by atoms with E-state index in [0.29, 0.717) is 5.56 Å². The van der Waals surface area contributed by atoms with Crippen molar-refractivity contribution in [2.45, 2.75) is 12.3 Å². The molecule has 0 aliphatic carbocycles. The molecule has 0 spiro atoms. The summed E-state index contributed by atoms with van der Waals surface area (Å²) in [6, 6.07) is 7.26. The first-order valence-electron chi connectivity index (χ1n) is 3.55. The van der Waals surface area contributed by atoms with Crippen LogP contribution < -0.4 is 0 Å². The Bertz CT molecular complexity index is 296. The molecule has 1 aromatic carbocycles. The second-order valence-electron chi connectivity index (χ2n) is 2.52. The molecule has 0 fully saturated rings. The minimum Gasteiger partial charge on any atom is -0.281 e. The highest BCUT2D eigenvalue weighted by Crippen LogP contribution is 2.20. The normalized spacial score (nSPS) is 12.6. The summed E-state index contributed by atoms with van der Waals surface area (Å²) in [5.74, 6) is 0. The van der Waals surface area contributed by atoms with E-state index in [0.717, 1.165) is 5.56 Å². The van der Waals surface area contributed by atoms with Gasteiger partial charge in [0.25, 0.3) is 0 Å². The highest BCUT2D eigenvalue weighted by Gasteiger charge is 2.04. The number of hydrogen-bond acceptors (Lipinski definition) is 1. The topological polar surface area (TPSA) is 17.1 Å². The molecule has 1 rings (SSSR count). The van der Waals surface area contributed by atoms with E-state index in [1.54, 1.807) is 12.1 Å². The monoisotopic (exact) mass is 246 g/mol. The largest absolute Gasteiger partial charge is 0.281 e. The minimum absolute atomic E-state index is 0.0585. The lowest BCUT2D eigenvalue weighted by atomic mass is 10.1. The second-order valence-corrected chi connectivity index (χ2v) is 3.89. The highest BCUT2D eigenvalue weighted by atomic mass is 79.9. The van der Waals surface area contributed by atoms with Crippen LogP contribution in [0.4, 0.5) is 0 Å². The van der Waals surface area contributed by atoms with Gasteiger partial charge in [-0.25, -0.2) is 0 Å². The van der Waals surface area contributed by atoms with E-state index in [2.05, 4.69) is 15.9 Å². The average molecular weight is 248 g/mol. The highest BCUT2D eigenvalue weighted by molar-refractivity contribution is 9.18. The molecule has 12 heavy (non-hydrogen) atoms. The molecule has 1 unspecified atom stereocenters. The SMILES string of the molecule is CC(Cl)c1cccc(C(=O)Br)c1. The molecular formula is C9H8BrClO. The number of alkyl halides is 1. The Labute approximate surface area is 84.9 Å². The van der Waals surface area contributed by atoms with Gasteiger partial charge in [0.05, 0.1) is 5.38 Å². The minimum atomic E-state index is -0.110. The maximum Gasteiger partial charge on any atom is 0.228 e. The molecule has 0 aliphatic heterocycles. The van der Waals surface area contributed by atoms with Gasteiger partial charge in [0.2, 0.25) is 4.69 Å². The van der Waals surface area contributed by atoms with Gasteiger partial charge in [0, 0.05) is 5.56 Å². The van der Waals surface area contributed by atoms with Gasteiger partial charge in [-0.3, -0.25) is 4.79 Å². The van der Waals surface area contributed by atoms with E-state index in [9.17, 15) is 4.79 Å². The van der Waals surface area contributed by atoms with E-state index in [4.69, 9.17) is 11.6 Å². The van der Waals surface area contributed by atoms with Gasteiger partial charge in [0.15, 0.2) is 0 Å². The first-order valence-corrected chi connectivity index (χ1v) is 4.78. The lowest BCUT2D eigenvalue weighted by Gasteiger charge is -2.03. The fraction of sp³-hybridized carbons (Fsp3) is 0.222. The van der Waals surface area contributed by atoms with E-state index >= 15 is 0 Å². The molecule has 0 saturated heterocycles. The maximum atomic E-state index is 10.9. The Morgan fingerprint density at radius 2 is 2.25 bits per heavy atom. The lowest BCUT2D eigenvalue weighted by molar-refractivity contribution is 0.109. The molecule has 0 N–H and O–H groups in total. The molecule has 0 radical (unpaired) electrons. The third-order valence-electron chi connectivity index (χ3n) is 1.57. The zero-order valence-electron chi connectivity index (χ0n) is 6.55. The molecule has 1 aromatic rings. The van der Waals surface area contributed by atoms with Crippen LogP contribution in [0.3, 0.4) is 0 Å². The molecule has 0 saturated carbocycles. The van der Waals surface area contributed by atoms with Crippen molar-refractivity contribution in [3.63, 3.8) is 0 Å². The molecule has 1 nitrogen and oxygen atoms in total. The molecule has 0 heterocycles. The fourth-order valence-electron chi connectivity index (χ4n) is 0.908. The fourth-order valence-corrected chi connectivity index (χ4v) is 1.29. The number of hydrogen-bond donors (Lipinski definition) is 0. The zero-order valence-corrected chi connectivity index (χ0v) is 8.89. The third-order valence-corrected chi connectivity index (χ3v) is 2.28. The average Bonchev–Trinajstić information content (AvgIpc) is 2.04. The lowest BCUT2D eigenvalue weighted by Crippen LogP contribution is -1.91. The Hall–Kier alpha value is -0.340. The molecule has 3 heteroatoms. The summed E-state index contributed by atoms with van der Waals surface area (Å²) in [6.45, 7) is 1.87. The van der Waals surface area contributed by atoms with E-state index in [1.807, 2.05) is 19.1 Å². The summed E-state index contributed by atoms with van der Waals surface area (Å²) in [6.07, 6.45) is 0. The van der Waals surface area contributed by atoms with Crippen LogP contribution in [0.5, 0.6) is 0 Å². The first-order chi connectivity index (χ1) is 5.61. The van der Waals surface area contributed by atoms with Crippen molar-refractivity contribution < 1.29 is 4.79 Å². The third kappa shape index (κ3) is 2.32. The number of carbonyl (C=O) groups is 1. The van der Waals surface area contributed by atoms with Crippen molar-refractivity contribution in [1.29, 1.82) is 0 Å². The van der Waals surface area contributed by atoms with E-state index in [-0.39, 0.29) is 10.1 Å². The molecule has 0 bridgehead atoms.